The summed E-state index contributed by atoms with van der Waals surface area (Å²) in [4.78, 5) is 9.58. The maximum Gasteiger partial charge on any atom is 0.129 e. The number of nitrogens with zero attached hydrogens (tertiary/aromatic N) is 3. The molecule has 0 amide bonds. The van der Waals surface area contributed by atoms with Crippen molar-refractivity contribution < 1.29 is 0 Å². The van der Waals surface area contributed by atoms with Crippen molar-refractivity contribution in [2.45, 2.75) is 39.8 Å². The molecule has 0 atom stereocenters. The van der Waals surface area contributed by atoms with E-state index in [1.807, 2.05) is 12.1 Å². The Kier molecular flexibility index (Phi) is 5.47. The van der Waals surface area contributed by atoms with E-state index in [2.05, 4.69) is 42.8 Å². The Morgan fingerprint density at radius 2 is 1.86 bits per heavy atom. The van der Waals surface area contributed by atoms with Crippen molar-refractivity contribution in [3.63, 3.8) is 0 Å². The van der Waals surface area contributed by atoms with Crippen LogP contribution in [0.3, 0.4) is 0 Å². The van der Waals surface area contributed by atoms with Gasteiger partial charge in [-0.3, -0.25) is 0 Å². The van der Waals surface area contributed by atoms with Crippen molar-refractivity contribution in [1.29, 1.82) is 0 Å². The molecule has 1 fully saturated rings. The summed E-state index contributed by atoms with van der Waals surface area (Å²) < 4.78 is 0. The number of hydrogen-bond acceptors (Lipinski definition) is 4. The van der Waals surface area contributed by atoms with E-state index in [1.165, 1.54) is 0 Å². The van der Waals surface area contributed by atoms with Crippen LogP contribution in [0.2, 0.25) is 5.02 Å². The lowest BCUT2D eigenvalue weighted by Gasteiger charge is -2.35. The third-order valence-electron chi connectivity index (χ3n) is 3.83. The molecule has 2 rings (SSSR count). The normalized spacial score (nSPS) is 17.3. The van der Waals surface area contributed by atoms with E-state index in [1.54, 1.807) is 0 Å². The number of anilines is 1. The van der Waals surface area contributed by atoms with Gasteiger partial charge in [0.15, 0.2) is 0 Å². The summed E-state index contributed by atoms with van der Waals surface area (Å²) in [5.74, 6) is 1.04. The van der Waals surface area contributed by atoms with Crippen LogP contribution in [0.1, 0.15) is 33.4 Å². The van der Waals surface area contributed by atoms with Crippen molar-refractivity contribution in [2.24, 2.45) is 0 Å². The Labute approximate surface area is 133 Å². The second-order valence-electron chi connectivity index (χ2n) is 6.62. The molecule has 118 valence electrons. The first-order valence-corrected chi connectivity index (χ1v) is 8.14. The molecule has 0 radical (unpaired) electrons. The van der Waals surface area contributed by atoms with E-state index < -0.39 is 0 Å². The van der Waals surface area contributed by atoms with Crippen molar-refractivity contribution >= 4 is 17.4 Å². The van der Waals surface area contributed by atoms with E-state index in [4.69, 9.17) is 16.6 Å². The molecule has 0 bridgehead atoms. The highest BCUT2D eigenvalue weighted by atomic mass is 35.5. The molecule has 0 saturated carbocycles. The van der Waals surface area contributed by atoms with Gasteiger partial charge in [-0.2, -0.15) is 0 Å². The molecule has 1 aliphatic heterocycles. The number of piperazine rings is 1. The zero-order valence-corrected chi connectivity index (χ0v) is 14.4. The van der Waals surface area contributed by atoms with E-state index in [0.29, 0.717) is 6.54 Å². The number of likely N-dealkylation sites (N-methyl/N-ethyl adjacent to an activating group) is 1. The zero-order valence-electron chi connectivity index (χ0n) is 13.6. The van der Waals surface area contributed by atoms with Crippen molar-refractivity contribution in [3.05, 3.63) is 22.8 Å². The van der Waals surface area contributed by atoms with E-state index in [9.17, 15) is 0 Å². The first kappa shape index (κ1) is 16.5. The lowest BCUT2D eigenvalue weighted by atomic mass is 10.1. The van der Waals surface area contributed by atoms with Gasteiger partial charge in [-0.15, -0.1) is 0 Å². The Bertz CT molecular complexity index is 462. The largest absolute Gasteiger partial charge is 0.354 e. The lowest BCUT2D eigenvalue weighted by molar-refractivity contribution is 0.270. The number of nitrogens with one attached hydrogen (secondary N) is 1. The first-order chi connectivity index (χ1) is 9.89. The van der Waals surface area contributed by atoms with Crippen LogP contribution >= 0.6 is 11.6 Å². The predicted molar refractivity (Wildman–Crippen MR) is 90.2 cm³/mol. The Hall–Kier alpha value is -0.840. The van der Waals surface area contributed by atoms with Crippen LogP contribution in [0.5, 0.6) is 0 Å². The minimum atomic E-state index is 0.0633. The molecule has 1 aromatic heterocycles. The zero-order chi connectivity index (χ0) is 15.5. The molecule has 0 aliphatic carbocycles. The Morgan fingerprint density at radius 1 is 1.19 bits per heavy atom. The average molecular weight is 311 g/mol. The van der Waals surface area contributed by atoms with E-state index in [-0.39, 0.29) is 5.54 Å². The predicted octanol–water partition coefficient (Wildman–Crippen LogP) is 2.77. The summed E-state index contributed by atoms with van der Waals surface area (Å²) in [7, 11) is 0. The average Bonchev–Trinajstić information content (AvgIpc) is 2.46. The molecule has 1 aromatic rings. The maximum absolute atomic E-state index is 6.28. The highest BCUT2D eigenvalue weighted by molar-refractivity contribution is 6.31. The van der Waals surface area contributed by atoms with Gasteiger partial charge >= 0.3 is 0 Å². The molecule has 4 nitrogen and oxygen atoms in total. The van der Waals surface area contributed by atoms with Gasteiger partial charge in [-0.25, -0.2) is 4.98 Å². The van der Waals surface area contributed by atoms with Gasteiger partial charge < -0.3 is 15.1 Å². The Morgan fingerprint density at radius 3 is 2.43 bits per heavy atom. The quantitative estimate of drug-likeness (QED) is 0.926. The number of hydrogen-bond donors (Lipinski definition) is 1. The molecule has 21 heavy (non-hydrogen) atoms. The van der Waals surface area contributed by atoms with Crippen molar-refractivity contribution in [2.75, 3.05) is 37.6 Å². The van der Waals surface area contributed by atoms with Crippen molar-refractivity contribution in [3.8, 4) is 0 Å². The topological polar surface area (TPSA) is 31.4 Å². The molecule has 0 spiro atoms. The maximum atomic E-state index is 6.28. The highest BCUT2D eigenvalue weighted by Gasteiger charge is 2.18. The number of halogens is 1. The summed E-state index contributed by atoms with van der Waals surface area (Å²) in [5.41, 5.74) is 0.996. The van der Waals surface area contributed by atoms with Crippen LogP contribution in [0.4, 0.5) is 5.82 Å². The SMILES string of the molecule is CCN1CCN(c2ccc(Cl)c(CNC(C)(C)C)n2)CC1. The van der Waals surface area contributed by atoms with Crippen LogP contribution < -0.4 is 10.2 Å². The van der Waals surface area contributed by atoms with Crippen LogP contribution in [0.25, 0.3) is 0 Å². The van der Waals surface area contributed by atoms with Gasteiger partial charge in [0, 0.05) is 38.3 Å². The fraction of sp³-hybridized carbons (Fsp3) is 0.688. The van der Waals surface area contributed by atoms with Crippen LogP contribution in [0, 0.1) is 0 Å². The minimum Gasteiger partial charge on any atom is -0.354 e. The minimum absolute atomic E-state index is 0.0633. The molecule has 1 aliphatic rings. The molecule has 0 unspecified atom stereocenters. The molecule has 5 heteroatoms. The number of pyridine rings is 1. The van der Waals surface area contributed by atoms with Gasteiger partial charge in [-0.1, -0.05) is 18.5 Å². The van der Waals surface area contributed by atoms with Crippen LogP contribution in [-0.4, -0.2) is 48.1 Å². The van der Waals surface area contributed by atoms with Gasteiger partial charge in [0.05, 0.1) is 10.7 Å². The second kappa shape index (κ2) is 6.95. The highest BCUT2D eigenvalue weighted by Crippen LogP contribution is 2.21. The molecule has 2 heterocycles. The monoisotopic (exact) mass is 310 g/mol. The van der Waals surface area contributed by atoms with E-state index in [0.717, 1.165) is 49.3 Å². The molecular weight excluding hydrogens is 284 g/mol. The number of aromatic nitrogens is 1. The smallest absolute Gasteiger partial charge is 0.129 e. The van der Waals surface area contributed by atoms with Gasteiger partial charge in [0.1, 0.15) is 5.82 Å². The third-order valence-corrected chi connectivity index (χ3v) is 4.18. The summed E-state index contributed by atoms with van der Waals surface area (Å²) in [6, 6.07) is 4.00. The van der Waals surface area contributed by atoms with Gasteiger partial charge in [0.25, 0.3) is 0 Å². The van der Waals surface area contributed by atoms with Gasteiger partial charge in [-0.05, 0) is 39.4 Å². The second-order valence-corrected chi connectivity index (χ2v) is 7.03. The van der Waals surface area contributed by atoms with Gasteiger partial charge in [0.2, 0.25) is 0 Å². The van der Waals surface area contributed by atoms with Crippen LogP contribution in [0.15, 0.2) is 12.1 Å². The van der Waals surface area contributed by atoms with E-state index >= 15 is 0 Å². The van der Waals surface area contributed by atoms with Crippen molar-refractivity contribution in [1.82, 2.24) is 15.2 Å². The Balaban J connectivity index is 2.04. The summed E-state index contributed by atoms with van der Waals surface area (Å²) in [6.45, 7) is 14.8. The van der Waals surface area contributed by atoms with Crippen LogP contribution in [-0.2, 0) is 6.54 Å². The molecule has 1 saturated heterocycles. The molecular formula is C16H27ClN4. The third kappa shape index (κ3) is 4.83. The fourth-order valence-corrected chi connectivity index (χ4v) is 2.59. The summed E-state index contributed by atoms with van der Waals surface area (Å²) in [6.07, 6.45) is 0. The molecule has 1 N–H and O–H groups in total. The standard InChI is InChI=1S/C16H27ClN4/c1-5-20-8-10-21(11-9-20)15-7-6-13(17)14(19-15)12-18-16(2,3)4/h6-7,18H,5,8-12H2,1-4H3. The summed E-state index contributed by atoms with van der Waals surface area (Å²) in [5, 5.41) is 4.19. The number of rotatable bonds is 4. The first-order valence-electron chi connectivity index (χ1n) is 7.77. The summed E-state index contributed by atoms with van der Waals surface area (Å²) >= 11 is 6.28. The lowest BCUT2D eigenvalue weighted by Crippen LogP contribution is -2.46. The molecule has 0 aromatic carbocycles. The fourth-order valence-electron chi connectivity index (χ4n) is 2.42.